The maximum Gasteiger partial charge on any atom is 0.242 e. The van der Waals surface area contributed by atoms with Crippen molar-refractivity contribution in [2.75, 3.05) is 11.9 Å². The minimum atomic E-state index is 0.210. The Labute approximate surface area is 200 Å². The molecule has 166 valence electrons. The molecule has 4 aromatic carbocycles. The largest absolute Gasteiger partial charge is 0.345 e. The third kappa shape index (κ3) is 4.62. The minimum Gasteiger partial charge on any atom is -0.345 e. The average molecular weight is 431 g/mol. The number of benzene rings is 4. The Hall–Kier alpha value is -3.26. The summed E-state index contributed by atoms with van der Waals surface area (Å²) in [5.74, 6) is 0. The zero-order chi connectivity index (χ0) is 23.7. The molecule has 0 N–H and O–H groups in total. The predicted octanol–water partition coefficient (Wildman–Crippen LogP) is 5.82. The monoisotopic (exact) mass is 431 g/mol. The molecule has 0 radical (unpaired) electrons. The molecule has 0 aromatic heterocycles. The van der Waals surface area contributed by atoms with Crippen LogP contribution in [-0.4, -0.2) is 13.8 Å². The van der Waals surface area contributed by atoms with Crippen molar-refractivity contribution in [1.29, 1.82) is 0 Å². The Morgan fingerprint density at radius 3 is 1.33 bits per heavy atom. The van der Waals surface area contributed by atoms with E-state index in [1.165, 1.54) is 61.1 Å². The molecule has 0 spiro atoms. The number of rotatable bonds is 5. The van der Waals surface area contributed by atoms with Crippen LogP contribution in [0.1, 0.15) is 33.4 Å². The summed E-state index contributed by atoms with van der Waals surface area (Å²) in [5, 5.41) is 0. The minimum absolute atomic E-state index is 0.210. The summed E-state index contributed by atoms with van der Waals surface area (Å²) in [6.45, 7) is 13.6. The Balaban J connectivity index is 1.86. The van der Waals surface area contributed by atoms with E-state index in [2.05, 4.69) is 132 Å². The van der Waals surface area contributed by atoms with E-state index in [1.54, 1.807) is 0 Å². The number of anilines is 2. The maximum absolute atomic E-state index is 2.33. The van der Waals surface area contributed by atoms with E-state index in [1.807, 2.05) is 0 Å². The third-order valence-corrected chi connectivity index (χ3v) is 6.81. The summed E-state index contributed by atoms with van der Waals surface area (Å²) in [6, 6.07) is 29.0. The molecule has 0 aliphatic heterocycles. The maximum atomic E-state index is 2.33. The van der Waals surface area contributed by atoms with E-state index < -0.39 is 0 Å². The predicted molar refractivity (Wildman–Crippen MR) is 147 cm³/mol. The van der Waals surface area contributed by atoms with Gasteiger partial charge < -0.3 is 4.90 Å². The highest BCUT2D eigenvalue weighted by Crippen LogP contribution is 2.22. The van der Waals surface area contributed by atoms with Crippen LogP contribution in [0.25, 0.3) is 0 Å². The standard InChI is InChI=1S/C31H34BN/c1-21-17-23(3)30(24(4)18-21)32(31-25(5)19-22(2)20-26(31)6)27-13-15-29(16-14-27)33(7)28-11-9-8-10-12-28/h8-20H,1-7H3. The molecule has 1 nitrogen and oxygen atoms in total. The molecular weight excluding hydrogens is 397 g/mol. The Morgan fingerprint density at radius 1 is 0.515 bits per heavy atom. The smallest absolute Gasteiger partial charge is 0.242 e. The van der Waals surface area contributed by atoms with Crippen molar-refractivity contribution in [2.45, 2.75) is 41.5 Å². The lowest BCUT2D eigenvalue weighted by Gasteiger charge is -2.25. The fourth-order valence-corrected chi connectivity index (χ4v) is 5.46. The normalized spacial score (nSPS) is 10.9. The number of hydrogen-bond donors (Lipinski definition) is 0. The van der Waals surface area contributed by atoms with Crippen molar-refractivity contribution in [3.63, 3.8) is 0 Å². The molecule has 4 rings (SSSR count). The quantitative estimate of drug-likeness (QED) is 0.360. The Bertz CT molecular complexity index is 1170. The molecule has 0 saturated heterocycles. The van der Waals surface area contributed by atoms with Crippen molar-refractivity contribution in [3.05, 3.63) is 112 Å². The summed E-state index contributed by atoms with van der Waals surface area (Å²) in [5.41, 5.74) is 14.7. The van der Waals surface area contributed by atoms with Gasteiger partial charge in [-0.05, 0) is 65.8 Å². The number of nitrogens with zero attached hydrogens (tertiary/aromatic N) is 1. The molecule has 0 aliphatic carbocycles. The Morgan fingerprint density at radius 2 is 0.909 bits per heavy atom. The van der Waals surface area contributed by atoms with E-state index in [0.29, 0.717) is 0 Å². The van der Waals surface area contributed by atoms with Crippen LogP contribution < -0.4 is 21.3 Å². The highest BCUT2D eigenvalue weighted by Gasteiger charge is 2.28. The highest BCUT2D eigenvalue weighted by molar-refractivity contribution is 6.96. The Kier molecular flexibility index (Phi) is 6.47. The van der Waals surface area contributed by atoms with E-state index >= 15 is 0 Å². The molecule has 0 saturated carbocycles. The molecule has 0 heterocycles. The second-order valence-corrected chi connectivity index (χ2v) is 9.54. The van der Waals surface area contributed by atoms with Crippen LogP contribution in [0, 0.1) is 41.5 Å². The van der Waals surface area contributed by atoms with Crippen molar-refractivity contribution < 1.29 is 0 Å². The summed E-state index contributed by atoms with van der Waals surface area (Å²) < 4.78 is 0. The van der Waals surface area contributed by atoms with Gasteiger partial charge in [-0.1, -0.05) is 104 Å². The van der Waals surface area contributed by atoms with Crippen LogP contribution in [0.5, 0.6) is 0 Å². The second-order valence-electron chi connectivity index (χ2n) is 9.54. The van der Waals surface area contributed by atoms with Crippen LogP contribution in [0.2, 0.25) is 0 Å². The van der Waals surface area contributed by atoms with Gasteiger partial charge >= 0.3 is 0 Å². The van der Waals surface area contributed by atoms with Gasteiger partial charge in [0, 0.05) is 18.4 Å². The lowest BCUT2D eigenvalue weighted by molar-refractivity contribution is 1.21. The second kappa shape index (κ2) is 9.31. The molecule has 4 aromatic rings. The topological polar surface area (TPSA) is 3.24 Å². The molecule has 33 heavy (non-hydrogen) atoms. The van der Waals surface area contributed by atoms with Crippen LogP contribution in [0.4, 0.5) is 11.4 Å². The lowest BCUT2D eigenvalue weighted by Crippen LogP contribution is -2.55. The van der Waals surface area contributed by atoms with Crippen molar-refractivity contribution in [3.8, 4) is 0 Å². The molecule has 0 amide bonds. The van der Waals surface area contributed by atoms with Crippen LogP contribution in [-0.2, 0) is 0 Å². The first kappa shape index (κ1) is 22.9. The average Bonchev–Trinajstić information content (AvgIpc) is 2.77. The van der Waals surface area contributed by atoms with Gasteiger partial charge in [-0.3, -0.25) is 0 Å². The highest BCUT2D eigenvalue weighted by atomic mass is 15.1. The zero-order valence-corrected chi connectivity index (χ0v) is 21.0. The van der Waals surface area contributed by atoms with Crippen molar-refractivity contribution in [1.82, 2.24) is 0 Å². The number of aryl methyl sites for hydroxylation is 6. The fourth-order valence-electron chi connectivity index (χ4n) is 5.46. The molecule has 0 aliphatic rings. The SMILES string of the molecule is Cc1cc(C)c(B(c2ccc(N(C)c3ccccc3)cc2)c2c(C)cc(C)cc2C)c(C)c1. The molecule has 2 heteroatoms. The zero-order valence-electron chi connectivity index (χ0n) is 21.0. The van der Waals surface area contributed by atoms with Gasteiger partial charge in [-0.25, -0.2) is 0 Å². The van der Waals surface area contributed by atoms with Gasteiger partial charge in [0.05, 0.1) is 0 Å². The molecular formula is C31H34BN. The van der Waals surface area contributed by atoms with E-state index in [9.17, 15) is 0 Å². The van der Waals surface area contributed by atoms with Gasteiger partial charge in [0.1, 0.15) is 0 Å². The van der Waals surface area contributed by atoms with Crippen LogP contribution >= 0.6 is 0 Å². The number of para-hydroxylation sites is 1. The van der Waals surface area contributed by atoms with E-state index in [4.69, 9.17) is 0 Å². The van der Waals surface area contributed by atoms with Crippen molar-refractivity contribution in [2.24, 2.45) is 0 Å². The third-order valence-electron chi connectivity index (χ3n) is 6.81. The summed E-state index contributed by atoms with van der Waals surface area (Å²) >= 11 is 0. The molecule has 0 atom stereocenters. The van der Waals surface area contributed by atoms with Gasteiger partial charge in [-0.15, -0.1) is 0 Å². The van der Waals surface area contributed by atoms with Gasteiger partial charge in [-0.2, -0.15) is 0 Å². The summed E-state index contributed by atoms with van der Waals surface area (Å²) in [4.78, 5) is 2.24. The molecule has 0 unspecified atom stereocenters. The first-order chi connectivity index (χ1) is 15.8. The lowest BCUT2D eigenvalue weighted by atomic mass is 9.34. The fraction of sp³-hybridized carbons (Fsp3) is 0.226. The number of hydrogen-bond acceptors (Lipinski definition) is 1. The summed E-state index contributed by atoms with van der Waals surface area (Å²) in [6.07, 6.45) is 0. The first-order valence-corrected chi connectivity index (χ1v) is 11.8. The van der Waals surface area contributed by atoms with Gasteiger partial charge in [0.15, 0.2) is 0 Å². The molecule has 0 bridgehead atoms. The first-order valence-electron chi connectivity index (χ1n) is 11.8. The van der Waals surface area contributed by atoms with Gasteiger partial charge in [0.2, 0.25) is 6.71 Å². The van der Waals surface area contributed by atoms with E-state index in [-0.39, 0.29) is 6.71 Å². The summed E-state index contributed by atoms with van der Waals surface area (Å²) in [7, 11) is 2.13. The van der Waals surface area contributed by atoms with Crippen molar-refractivity contribution >= 4 is 34.5 Å². The van der Waals surface area contributed by atoms with E-state index in [0.717, 1.165) is 0 Å². The van der Waals surface area contributed by atoms with Crippen LogP contribution in [0.3, 0.4) is 0 Å². The molecule has 0 fully saturated rings. The van der Waals surface area contributed by atoms with Gasteiger partial charge in [0.25, 0.3) is 0 Å². The van der Waals surface area contributed by atoms with Crippen LogP contribution in [0.15, 0.2) is 78.9 Å².